The number of rotatable bonds is 14. The first-order valence-corrected chi connectivity index (χ1v) is 16.4. The Morgan fingerprint density at radius 2 is 0.920 bits per heavy atom. The van der Waals surface area contributed by atoms with Gasteiger partial charge in [-0.15, -0.1) is 0 Å². The van der Waals surface area contributed by atoms with Gasteiger partial charge in [0, 0.05) is 24.5 Å². The van der Waals surface area contributed by atoms with E-state index in [1.54, 1.807) is 0 Å². The summed E-state index contributed by atoms with van der Waals surface area (Å²) in [6.45, 7) is 5.25. The fourth-order valence-corrected chi connectivity index (χ4v) is 4.73. The summed E-state index contributed by atoms with van der Waals surface area (Å²) >= 11 is 0. The third-order valence-electron chi connectivity index (χ3n) is 7.43. The van der Waals surface area contributed by atoms with E-state index < -0.39 is 24.0 Å². The number of amides is 4. The van der Waals surface area contributed by atoms with E-state index in [9.17, 15) is 19.2 Å². The average Bonchev–Trinajstić information content (AvgIpc) is 3.11. The standard InChI is InChI=1S/2C19H23N3O3/c2*1-2-10-21-19(25)22-16-5-3-4-15(12-16)14-8-6-13(7-9-14)11-17(20)18(23)24/h2*3-9,12,17H,2,10-11,20H2,1H3,(H,23,24)(H2,21,22,25)/t17-;/m0./s1. The zero-order valence-corrected chi connectivity index (χ0v) is 28.3. The molecule has 0 spiro atoms. The lowest BCUT2D eigenvalue weighted by atomic mass is 10.0. The molecule has 2 atom stereocenters. The van der Waals surface area contributed by atoms with Gasteiger partial charge in [0.1, 0.15) is 12.1 Å². The molecule has 0 fully saturated rings. The van der Waals surface area contributed by atoms with E-state index in [4.69, 9.17) is 21.7 Å². The predicted octanol–water partition coefficient (Wildman–Crippen LogP) is 5.68. The van der Waals surface area contributed by atoms with Crippen LogP contribution in [0, 0.1) is 0 Å². The van der Waals surface area contributed by atoms with Crippen LogP contribution in [0.1, 0.15) is 37.8 Å². The van der Waals surface area contributed by atoms with Gasteiger partial charge in [-0.3, -0.25) is 9.59 Å². The second-order valence-corrected chi connectivity index (χ2v) is 11.6. The maximum absolute atomic E-state index is 11.7. The van der Waals surface area contributed by atoms with Crippen molar-refractivity contribution in [2.45, 2.75) is 51.6 Å². The maximum Gasteiger partial charge on any atom is 0.320 e. The molecule has 1 unspecified atom stereocenters. The van der Waals surface area contributed by atoms with Crippen molar-refractivity contribution in [2.75, 3.05) is 23.7 Å². The molecule has 0 heterocycles. The van der Waals surface area contributed by atoms with Crippen molar-refractivity contribution < 1.29 is 29.4 Å². The van der Waals surface area contributed by atoms with Gasteiger partial charge in [0.05, 0.1) is 0 Å². The molecular formula is C38H46N6O6. The molecule has 0 saturated carbocycles. The van der Waals surface area contributed by atoms with E-state index >= 15 is 0 Å². The Bertz CT molecular complexity index is 1580. The van der Waals surface area contributed by atoms with Crippen LogP contribution in [0.15, 0.2) is 97.1 Å². The van der Waals surface area contributed by atoms with Crippen LogP contribution in [0.25, 0.3) is 22.3 Å². The van der Waals surface area contributed by atoms with Crippen molar-refractivity contribution in [3.05, 3.63) is 108 Å². The minimum absolute atomic E-state index is 0.225. The molecule has 4 amide bonds. The normalized spacial score (nSPS) is 11.6. The highest BCUT2D eigenvalue weighted by Crippen LogP contribution is 2.25. The van der Waals surface area contributed by atoms with Crippen LogP contribution in [0.4, 0.5) is 21.0 Å². The number of nitrogens with two attached hydrogens (primary N) is 2. The van der Waals surface area contributed by atoms with Gasteiger partial charge in [-0.25, -0.2) is 9.59 Å². The Balaban J connectivity index is 0.000000270. The lowest BCUT2D eigenvalue weighted by Crippen LogP contribution is -2.32. The third kappa shape index (κ3) is 13.1. The van der Waals surface area contributed by atoms with Crippen molar-refractivity contribution in [3.8, 4) is 22.3 Å². The van der Waals surface area contributed by atoms with Gasteiger partial charge in [-0.2, -0.15) is 0 Å². The molecule has 10 N–H and O–H groups in total. The SMILES string of the molecule is CCCNC(=O)Nc1cccc(-c2ccc(CC(N)C(=O)O)cc2)c1.CCCNC(=O)Nc1cccc(-c2ccc(C[C@H](N)C(=O)O)cc2)c1. The summed E-state index contributed by atoms with van der Waals surface area (Å²) in [6.07, 6.45) is 2.33. The summed E-state index contributed by atoms with van der Waals surface area (Å²) in [5.41, 5.74) is 18.1. The quantitative estimate of drug-likeness (QED) is 0.0828. The van der Waals surface area contributed by atoms with E-state index in [1.165, 1.54) is 0 Å². The first kappa shape index (κ1) is 38.7. The van der Waals surface area contributed by atoms with Gasteiger partial charge < -0.3 is 42.9 Å². The van der Waals surface area contributed by atoms with Crippen LogP contribution in [-0.2, 0) is 22.4 Å². The van der Waals surface area contributed by atoms with Crippen LogP contribution in [0.2, 0.25) is 0 Å². The van der Waals surface area contributed by atoms with Gasteiger partial charge >= 0.3 is 24.0 Å². The van der Waals surface area contributed by atoms with E-state index in [0.29, 0.717) is 24.5 Å². The van der Waals surface area contributed by atoms with E-state index in [0.717, 1.165) is 46.2 Å². The molecule has 50 heavy (non-hydrogen) atoms. The molecule has 0 saturated heterocycles. The molecule has 12 nitrogen and oxygen atoms in total. The van der Waals surface area contributed by atoms with Gasteiger partial charge in [0.15, 0.2) is 0 Å². The fourth-order valence-electron chi connectivity index (χ4n) is 4.73. The zero-order valence-electron chi connectivity index (χ0n) is 28.3. The fraction of sp³-hybridized carbons (Fsp3) is 0.263. The Hall–Kier alpha value is -5.72. The van der Waals surface area contributed by atoms with Crippen LogP contribution >= 0.6 is 0 Å². The second-order valence-electron chi connectivity index (χ2n) is 11.6. The number of hydrogen-bond donors (Lipinski definition) is 8. The summed E-state index contributed by atoms with van der Waals surface area (Å²) in [5.74, 6) is -2.02. The highest BCUT2D eigenvalue weighted by Gasteiger charge is 2.13. The van der Waals surface area contributed by atoms with Crippen molar-refractivity contribution in [3.63, 3.8) is 0 Å². The molecule has 12 heteroatoms. The zero-order chi connectivity index (χ0) is 36.5. The predicted molar refractivity (Wildman–Crippen MR) is 197 cm³/mol. The number of urea groups is 2. The number of hydrogen-bond acceptors (Lipinski definition) is 6. The first-order valence-electron chi connectivity index (χ1n) is 16.4. The van der Waals surface area contributed by atoms with E-state index in [-0.39, 0.29) is 24.9 Å². The molecule has 4 aromatic rings. The number of carboxylic acid groups (broad SMARTS) is 2. The third-order valence-corrected chi connectivity index (χ3v) is 7.43. The smallest absolute Gasteiger partial charge is 0.320 e. The van der Waals surface area contributed by atoms with E-state index in [2.05, 4.69) is 21.3 Å². The minimum atomic E-state index is -1.01. The Morgan fingerprint density at radius 3 is 1.24 bits per heavy atom. The van der Waals surface area contributed by atoms with Gasteiger partial charge in [-0.1, -0.05) is 86.6 Å². The summed E-state index contributed by atoms with van der Waals surface area (Å²) < 4.78 is 0. The number of carboxylic acids is 2. The highest BCUT2D eigenvalue weighted by molar-refractivity contribution is 5.91. The molecule has 0 bridgehead atoms. The second kappa shape index (κ2) is 19.9. The van der Waals surface area contributed by atoms with Gasteiger partial charge in [0.2, 0.25) is 0 Å². The van der Waals surface area contributed by atoms with Crippen molar-refractivity contribution in [1.82, 2.24) is 10.6 Å². The Labute approximate surface area is 292 Å². The summed E-state index contributed by atoms with van der Waals surface area (Å²) in [6, 6.07) is 28.0. The summed E-state index contributed by atoms with van der Waals surface area (Å²) in [4.78, 5) is 45.1. The number of aliphatic carboxylic acids is 2. The lowest BCUT2D eigenvalue weighted by molar-refractivity contribution is -0.139. The minimum Gasteiger partial charge on any atom is -0.480 e. The van der Waals surface area contributed by atoms with Gasteiger partial charge in [-0.05, 0) is 83.3 Å². The molecular weight excluding hydrogens is 636 g/mol. The van der Waals surface area contributed by atoms with Crippen molar-refractivity contribution in [1.29, 1.82) is 0 Å². The lowest BCUT2D eigenvalue weighted by Gasteiger charge is -2.10. The molecule has 0 radical (unpaired) electrons. The number of anilines is 2. The maximum atomic E-state index is 11.7. The number of benzene rings is 4. The monoisotopic (exact) mass is 682 g/mol. The van der Waals surface area contributed by atoms with Crippen molar-refractivity contribution in [2.24, 2.45) is 11.5 Å². The number of carbonyl (C=O) groups is 4. The number of nitrogens with one attached hydrogen (secondary N) is 4. The van der Waals surface area contributed by atoms with E-state index in [1.807, 2.05) is 111 Å². The highest BCUT2D eigenvalue weighted by atomic mass is 16.4. The van der Waals surface area contributed by atoms with Crippen LogP contribution in [0.3, 0.4) is 0 Å². The molecule has 264 valence electrons. The van der Waals surface area contributed by atoms with Crippen molar-refractivity contribution >= 4 is 35.4 Å². The average molecular weight is 683 g/mol. The first-order chi connectivity index (χ1) is 24.0. The Kier molecular flexibility index (Phi) is 15.4. The van der Waals surface area contributed by atoms with Crippen LogP contribution in [-0.4, -0.2) is 59.4 Å². The molecule has 4 rings (SSSR count). The van der Waals surface area contributed by atoms with Crippen LogP contribution < -0.4 is 32.7 Å². The largest absolute Gasteiger partial charge is 0.480 e. The molecule has 0 aliphatic rings. The number of carbonyl (C=O) groups excluding carboxylic acids is 2. The molecule has 0 aliphatic carbocycles. The Morgan fingerprint density at radius 1 is 0.560 bits per heavy atom. The molecule has 4 aromatic carbocycles. The summed E-state index contributed by atoms with van der Waals surface area (Å²) in [5, 5.41) is 28.9. The van der Waals surface area contributed by atoms with Crippen LogP contribution in [0.5, 0.6) is 0 Å². The summed E-state index contributed by atoms with van der Waals surface area (Å²) in [7, 11) is 0. The van der Waals surface area contributed by atoms with Gasteiger partial charge in [0.25, 0.3) is 0 Å². The molecule has 0 aliphatic heterocycles. The topological polar surface area (TPSA) is 209 Å². The molecule has 0 aromatic heterocycles.